The summed E-state index contributed by atoms with van der Waals surface area (Å²) in [5, 5.41) is 15.1. The Labute approximate surface area is 126 Å². The third kappa shape index (κ3) is 2.23. The van der Waals surface area contributed by atoms with Crippen LogP contribution in [0.1, 0.15) is 11.1 Å². The Kier molecular flexibility index (Phi) is 2.91. The third-order valence-electron chi connectivity index (χ3n) is 3.40. The number of aromatic amines is 2. The highest BCUT2D eigenvalue weighted by atomic mass is 15.5. The summed E-state index contributed by atoms with van der Waals surface area (Å²) < 4.78 is 0. The lowest BCUT2D eigenvalue weighted by Crippen LogP contribution is -1.83. The van der Waals surface area contributed by atoms with Crippen LogP contribution in [-0.4, -0.2) is 25.6 Å². The molecular formula is C17H11N5. The number of benzene rings is 2. The van der Waals surface area contributed by atoms with Gasteiger partial charge in [0.15, 0.2) is 0 Å². The molecule has 0 spiro atoms. The van der Waals surface area contributed by atoms with Gasteiger partial charge in [-0.1, -0.05) is 42.2 Å². The second kappa shape index (κ2) is 5.19. The monoisotopic (exact) mass is 285 g/mol. The molecule has 0 aliphatic heterocycles. The zero-order chi connectivity index (χ0) is 14.8. The molecule has 0 atom stereocenters. The molecule has 0 fully saturated rings. The van der Waals surface area contributed by atoms with Crippen LogP contribution in [0.4, 0.5) is 0 Å². The van der Waals surface area contributed by atoms with Crippen molar-refractivity contribution in [3.05, 3.63) is 65.9 Å². The average molecular weight is 285 g/mol. The fourth-order valence-corrected chi connectivity index (χ4v) is 2.33. The van der Waals surface area contributed by atoms with Gasteiger partial charge in [-0.3, -0.25) is 0 Å². The van der Waals surface area contributed by atoms with Crippen LogP contribution in [0.25, 0.3) is 22.3 Å². The normalized spacial score (nSPS) is 10.4. The smallest absolute Gasteiger partial charge is 0.204 e. The van der Waals surface area contributed by atoms with Crippen molar-refractivity contribution in [2.75, 3.05) is 0 Å². The zero-order valence-corrected chi connectivity index (χ0v) is 11.5. The highest BCUT2D eigenvalue weighted by molar-refractivity contribution is 5.86. The van der Waals surface area contributed by atoms with E-state index in [1.54, 1.807) is 0 Å². The molecule has 2 aromatic carbocycles. The molecule has 0 saturated carbocycles. The van der Waals surface area contributed by atoms with Crippen molar-refractivity contribution in [2.45, 2.75) is 0 Å². The van der Waals surface area contributed by atoms with Crippen molar-refractivity contribution in [1.82, 2.24) is 25.6 Å². The standard InChI is InChI=1S/C17H11N5/c1-2-7-16-15(6-1)14(11-18-16)9-8-12-4-3-5-13(10-12)17-19-21-22-20-17/h1-7,10-11,18H,(H,19,20,21,22). The van der Waals surface area contributed by atoms with Crippen LogP contribution in [0, 0.1) is 11.8 Å². The van der Waals surface area contributed by atoms with E-state index in [-0.39, 0.29) is 0 Å². The molecule has 0 radical (unpaired) electrons. The average Bonchev–Trinajstić information content (AvgIpc) is 3.23. The number of nitrogens with one attached hydrogen (secondary N) is 2. The highest BCUT2D eigenvalue weighted by Crippen LogP contribution is 2.17. The molecule has 0 amide bonds. The number of para-hydroxylation sites is 1. The summed E-state index contributed by atoms with van der Waals surface area (Å²) in [5.74, 6) is 6.96. The highest BCUT2D eigenvalue weighted by Gasteiger charge is 2.03. The van der Waals surface area contributed by atoms with Gasteiger partial charge in [-0.05, 0) is 23.4 Å². The van der Waals surface area contributed by atoms with Gasteiger partial charge in [0.25, 0.3) is 0 Å². The minimum absolute atomic E-state index is 0.566. The van der Waals surface area contributed by atoms with E-state index in [1.165, 1.54) is 0 Å². The summed E-state index contributed by atoms with van der Waals surface area (Å²) in [6, 6.07) is 15.9. The van der Waals surface area contributed by atoms with E-state index < -0.39 is 0 Å². The molecule has 104 valence electrons. The molecule has 2 N–H and O–H groups in total. The van der Waals surface area contributed by atoms with Gasteiger partial charge in [-0.2, -0.15) is 5.21 Å². The quantitative estimate of drug-likeness (QED) is 0.528. The number of aromatic nitrogens is 5. The topological polar surface area (TPSA) is 70.2 Å². The van der Waals surface area contributed by atoms with Crippen LogP contribution in [0.2, 0.25) is 0 Å². The maximum absolute atomic E-state index is 3.98. The van der Waals surface area contributed by atoms with Crippen LogP contribution in [-0.2, 0) is 0 Å². The summed E-state index contributed by atoms with van der Waals surface area (Å²) >= 11 is 0. The van der Waals surface area contributed by atoms with E-state index in [9.17, 15) is 0 Å². The van der Waals surface area contributed by atoms with Gasteiger partial charge in [0.2, 0.25) is 5.82 Å². The lowest BCUT2D eigenvalue weighted by Gasteiger charge is -1.95. The molecule has 0 aliphatic rings. The Hall–Kier alpha value is -3.39. The Morgan fingerprint density at radius 1 is 0.955 bits per heavy atom. The summed E-state index contributed by atoms with van der Waals surface area (Å²) in [5.41, 5.74) is 3.87. The number of fused-ring (bicyclic) bond motifs is 1. The first-order valence-corrected chi connectivity index (χ1v) is 6.82. The predicted octanol–water partition coefficient (Wildman–Crippen LogP) is 2.75. The molecule has 0 unspecified atom stereocenters. The molecule has 4 aromatic rings. The van der Waals surface area contributed by atoms with Crippen molar-refractivity contribution in [3.8, 4) is 23.2 Å². The van der Waals surface area contributed by atoms with Gasteiger partial charge in [0.05, 0.1) is 5.56 Å². The summed E-state index contributed by atoms with van der Waals surface area (Å²) in [6.07, 6.45) is 1.93. The second-order valence-electron chi connectivity index (χ2n) is 4.81. The SMILES string of the molecule is C(#Cc1c[nH]c2ccccc12)c1cccc(-c2nn[nH]n2)c1. The van der Waals surface area contributed by atoms with Gasteiger partial charge in [0.1, 0.15) is 0 Å². The molecule has 5 heteroatoms. The molecule has 2 aromatic heterocycles. The van der Waals surface area contributed by atoms with Crippen molar-refractivity contribution in [3.63, 3.8) is 0 Å². The minimum Gasteiger partial charge on any atom is -0.360 e. The van der Waals surface area contributed by atoms with E-state index in [4.69, 9.17) is 0 Å². The molecule has 0 bridgehead atoms. The lowest BCUT2D eigenvalue weighted by molar-refractivity contribution is 0.881. The number of nitrogens with zero attached hydrogens (tertiary/aromatic N) is 3. The van der Waals surface area contributed by atoms with Crippen molar-refractivity contribution in [2.24, 2.45) is 0 Å². The molecular weight excluding hydrogens is 274 g/mol. The van der Waals surface area contributed by atoms with Gasteiger partial charge in [-0.25, -0.2) is 0 Å². The first-order valence-electron chi connectivity index (χ1n) is 6.82. The van der Waals surface area contributed by atoms with Crippen molar-refractivity contribution < 1.29 is 0 Å². The molecule has 0 aliphatic carbocycles. The Balaban J connectivity index is 1.71. The van der Waals surface area contributed by atoms with E-state index >= 15 is 0 Å². The number of hydrogen-bond acceptors (Lipinski definition) is 3. The van der Waals surface area contributed by atoms with Gasteiger partial charge in [-0.15, -0.1) is 10.2 Å². The van der Waals surface area contributed by atoms with E-state index in [1.807, 2.05) is 48.7 Å². The van der Waals surface area contributed by atoms with Gasteiger partial charge < -0.3 is 4.98 Å². The zero-order valence-electron chi connectivity index (χ0n) is 11.5. The third-order valence-corrected chi connectivity index (χ3v) is 3.40. The van der Waals surface area contributed by atoms with Crippen LogP contribution in [0.15, 0.2) is 54.7 Å². The Morgan fingerprint density at radius 2 is 1.91 bits per heavy atom. The predicted molar refractivity (Wildman–Crippen MR) is 83.9 cm³/mol. The second-order valence-corrected chi connectivity index (χ2v) is 4.81. The minimum atomic E-state index is 0.566. The van der Waals surface area contributed by atoms with Crippen molar-refractivity contribution in [1.29, 1.82) is 0 Å². The summed E-state index contributed by atoms with van der Waals surface area (Å²) in [7, 11) is 0. The maximum atomic E-state index is 3.98. The van der Waals surface area contributed by atoms with Gasteiger partial charge >= 0.3 is 0 Å². The fourth-order valence-electron chi connectivity index (χ4n) is 2.33. The van der Waals surface area contributed by atoms with Crippen molar-refractivity contribution >= 4 is 10.9 Å². The molecule has 2 heterocycles. The molecule has 22 heavy (non-hydrogen) atoms. The fraction of sp³-hybridized carbons (Fsp3) is 0. The number of rotatable bonds is 1. The van der Waals surface area contributed by atoms with Crippen LogP contribution in [0.3, 0.4) is 0 Å². The molecule has 0 saturated heterocycles. The van der Waals surface area contributed by atoms with E-state index in [0.29, 0.717) is 5.82 Å². The maximum Gasteiger partial charge on any atom is 0.204 e. The molecule has 4 rings (SSSR count). The van der Waals surface area contributed by atoms with Crippen LogP contribution >= 0.6 is 0 Å². The Bertz CT molecular complexity index is 986. The first kappa shape index (κ1) is 12.4. The first-order chi connectivity index (χ1) is 10.9. The number of tetrazole rings is 1. The largest absolute Gasteiger partial charge is 0.360 e. The van der Waals surface area contributed by atoms with E-state index in [2.05, 4.69) is 43.5 Å². The summed E-state index contributed by atoms with van der Waals surface area (Å²) in [6.45, 7) is 0. The number of H-pyrrole nitrogens is 2. The lowest BCUT2D eigenvalue weighted by atomic mass is 10.1. The van der Waals surface area contributed by atoms with Crippen LogP contribution in [0.5, 0.6) is 0 Å². The van der Waals surface area contributed by atoms with Crippen LogP contribution < -0.4 is 0 Å². The Morgan fingerprint density at radius 3 is 2.82 bits per heavy atom. The molecule has 5 nitrogen and oxygen atoms in total. The van der Waals surface area contributed by atoms with E-state index in [0.717, 1.165) is 27.6 Å². The summed E-state index contributed by atoms with van der Waals surface area (Å²) in [4.78, 5) is 3.22. The number of hydrogen-bond donors (Lipinski definition) is 2. The van der Waals surface area contributed by atoms with Gasteiger partial charge in [0, 0.05) is 28.2 Å².